The quantitative estimate of drug-likeness (QED) is 0.435. The number of benzene rings is 2. The van der Waals surface area contributed by atoms with Crippen molar-refractivity contribution in [1.82, 2.24) is 10.6 Å². The van der Waals surface area contributed by atoms with Gasteiger partial charge in [0.05, 0.1) is 11.1 Å². The largest absolute Gasteiger partial charge is 0.484 e. The maximum atomic E-state index is 13.5. The Kier molecular flexibility index (Phi) is 6.91. The molecule has 2 unspecified atom stereocenters. The molecule has 3 fully saturated rings. The van der Waals surface area contributed by atoms with Crippen molar-refractivity contribution in [1.29, 1.82) is 0 Å². The molecule has 3 aliphatic rings. The minimum absolute atomic E-state index is 0.0276. The SMILES string of the molecule is O=C(COc1ccc(Cl)c(F)c1)NC12CCC(C(O)NCc3cccc(F)c3)(CC1)C(O)C2. The third-order valence-electron chi connectivity index (χ3n) is 6.98. The molecule has 0 aliphatic heterocycles. The van der Waals surface area contributed by atoms with Crippen LogP contribution in [0, 0.1) is 17.0 Å². The summed E-state index contributed by atoms with van der Waals surface area (Å²) < 4.78 is 32.3. The van der Waals surface area contributed by atoms with Crippen molar-refractivity contribution in [2.45, 2.75) is 56.5 Å². The molecule has 2 aromatic rings. The Balaban J connectivity index is 1.31. The van der Waals surface area contributed by atoms with Crippen LogP contribution in [0.3, 0.4) is 0 Å². The van der Waals surface area contributed by atoms with E-state index in [-0.39, 0.29) is 35.6 Å². The van der Waals surface area contributed by atoms with Gasteiger partial charge in [-0.1, -0.05) is 23.7 Å². The molecule has 4 N–H and O–H groups in total. The van der Waals surface area contributed by atoms with Crippen LogP contribution >= 0.6 is 11.6 Å². The van der Waals surface area contributed by atoms with Crippen LogP contribution in [0.25, 0.3) is 0 Å². The molecule has 33 heavy (non-hydrogen) atoms. The number of aliphatic hydroxyl groups excluding tert-OH is 2. The number of hydrogen-bond donors (Lipinski definition) is 4. The first kappa shape index (κ1) is 23.9. The molecule has 3 saturated carbocycles. The molecule has 178 valence electrons. The number of aliphatic hydroxyl groups is 2. The molecule has 0 spiro atoms. The molecule has 2 aromatic carbocycles. The molecule has 0 heterocycles. The van der Waals surface area contributed by atoms with Crippen LogP contribution in [-0.4, -0.2) is 40.6 Å². The summed E-state index contributed by atoms with van der Waals surface area (Å²) in [5.41, 5.74) is -0.597. The summed E-state index contributed by atoms with van der Waals surface area (Å²) in [6.07, 6.45) is 0.778. The highest BCUT2D eigenvalue weighted by Crippen LogP contribution is 2.53. The van der Waals surface area contributed by atoms with E-state index in [1.807, 2.05) is 0 Å². The molecule has 0 aromatic heterocycles. The Morgan fingerprint density at radius 2 is 1.94 bits per heavy atom. The van der Waals surface area contributed by atoms with E-state index in [2.05, 4.69) is 10.6 Å². The van der Waals surface area contributed by atoms with Crippen molar-refractivity contribution in [2.75, 3.05) is 6.61 Å². The average molecular weight is 481 g/mol. The van der Waals surface area contributed by atoms with Gasteiger partial charge in [0.15, 0.2) is 6.61 Å². The van der Waals surface area contributed by atoms with Crippen LogP contribution in [0.2, 0.25) is 5.02 Å². The van der Waals surface area contributed by atoms with Crippen LogP contribution in [-0.2, 0) is 11.3 Å². The first-order valence-electron chi connectivity index (χ1n) is 10.9. The van der Waals surface area contributed by atoms with E-state index in [0.29, 0.717) is 37.7 Å². The molecule has 3 aliphatic carbocycles. The zero-order valence-electron chi connectivity index (χ0n) is 18.0. The van der Waals surface area contributed by atoms with E-state index < -0.39 is 29.1 Å². The van der Waals surface area contributed by atoms with Crippen molar-refractivity contribution in [2.24, 2.45) is 5.41 Å². The molecule has 0 saturated heterocycles. The van der Waals surface area contributed by atoms with Gasteiger partial charge in [0.2, 0.25) is 0 Å². The highest BCUT2D eigenvalue weighted by Gasteiger charge is 2.57. The molecular formula is C24H27ClF2N2O4. The summed E-state index contributed by atoms with van der Waals surface area (Å²) in [6.45, 7) is -0.0141. The van der Waals surface area contributed by atoms with Crippen LogP contribution in [0.5, 0.6) is 5.75 Å². The molecule has 2 atom stereocenters. The zero-order chi connectivity index (χ0) is 23.6. The van der Waals surface area contributed by atoms with Crippen LogP contribution in [0.1, 0.15) is 37.7 Å². The minimum Gasteiger partial charge on any atom is -0.484 e. The highest BCUT2D eigenvalue weighted by atomic mass is 35.5. The van der Waals surface area contributed by atoms with Gasteiger partial charge in [-0.15, -0.1) is 0 Å². The van der Waals surface area contributed by atoms with Crippen LogP contribution < -0.4 is 15.4 Å². The zero-order valence-corrected chi connectivity index (χ0v) is 18.7. The average Bonchev–Trinajstić information content (AvgIpc) is 2.79. The van der Waals surface area contributed by atoms with Gasteiger partial charge in [0.1, 0.15) is 23.6 Å². The van der Waals surface area contributed by atoms with Gasteiger partial charge in [0.25, 0.3) is 5.91 Å². The summed E-state index contributed by atoms with van der Waals surface area (Å²) in [7, 11) is 0. The fourth-order valence-electron chi connectivity index (χ4n) is 5.05. The van der Waals surface area contributed by atoms with Gasteiger partial charge in [0, 0.05) is 23.6 Å². The van der Waals surface area contributed by atoms with Crippen molar-refractivity contribution >= 4 is 17.5 Å². The van der Waals surface area contributed by atoms with Gasteiger partial charge < -0.3 is 20.3 Å². The summed E-state index contributed by atoms with van der Waals surface area (Å²) in [5, 5.41) is 27.7. The fraction of sp³-hybridized carbons (Fsp3) is 0.458. The Morgan fingerprint density at radius 1 is 1.18 bits per heavy atom. The highest BCUT2D eigenvalue weighted by molar-refractivity contribution is 6.30. The first-order chi connectivity index (χ1) is 15.7. The van der Waals surface area contributed by atoms with Gasteiger partial charge in [-0.05, 0) is 61.9 Å². The van der Waals surface area contributed by atoms with E-state index >= 15 is 0 Å². The maximum absolute atomic E-state index is 13.5. The third kappa shape index (κ3) is 5.14. The Labute approximate surface area is 195 Å². The number of fused-ring (bicyclic) bond motifs is 3. The molecule has 9 heteroatoms. The lowest BCUT2D eigenvalue weighted by Crippen LogP contribution is -2.66. The van der Waals surface area contributed by atoms with E-state index in [4.69, 9.17) is 16.3 Å². The maximum Gasteiger partial charge on any atom is 0.258 e. The van der Waals surface area contributed by atoms with E-state index in [9.17, 15) is 23.8 Å². The predicted octanol–water partition coefficient (Wildman–Crippen LogP) is 3.29. The van der Waals surface area contributed by atoms with Gasteiger partial charge in [-0.2, -0.15) is 0 Å². The van der Waals surface area contributed by atoms with Crippen molar-refractivity contribution in [3.05, 3.63) is 64.7 Å². The summed E-state index contributed by atoms with van der Waals surface area (Å²) in [4.78, 5) is 12.5. The van der Waals surface area contributed by atoms with Gasteiger partial charge in [-0.25, -0.2) is 8.78 Å². The number of ether oxygens (including phenoxy) is 1. The van der Waals surface area contributed by atoms with Crippen LogP contribution in [0.4, 0.5) is 8.78 Å². The minimum atomic E-state index is -0.965. The fourth-order valence-corrected chi connectivity index (χ4v) is 5.17. The lowest BCUT2D eigenvalue weighted by Gasteiger charge is -2.57. The summed E-state index contributed by atoms with van der Waals surface area (Å²) >= 11 is 5.65. The standard InChI is InChI=1S/C24H27ClF2N2O4/c25-18-5-4-17(11-19(18)27)33-14-21(31)29-23-6-8-24(9-7-23,20(30)12-23)22(32)28-13-15-2-1-3-16(26)10-15/h1-5,10-11,20,22,28,30,32H,6-9,12-14H2,(H,29,31). The molecule has 0 radical (unpaired) electrons. The monoisotopic (exact) mass is 480 g/mol. The molecule has 5 rings (SSSR count). The van der Waals surface area contributed by atoms with E-state index in [1.54, 1.807) is 12.1 Å². The Bertz CT molecular complexity index is 1010. The number of halogens is 3. The number of amides is 1. The molecule has 2 bridgehead atoms. The van der Waals surface area contributed by atoms with Crippen molar-refractivity contribution in [3.8, 4) is 5.75 Å². The first-order valence-corrected chi connectivity index (χ1v) is 11.3. The topological polar surface area (TPSA) is 90.8 Å². The third-order valence-corrected chi connectivity index (χ3v) is 7.29. The number of hydrogen-bond acceptors (Lipinski definition) is 5. The van der Waals surface area contributed by atoms with E-state index in [0.717, 1.165) is 6.07 Å². The second kappa shape index (κ2) is 9.54. The van der Waals surface area contributed by atoms with Crippen LogP contribution in [0.15, 0.2) is 42.5 Å². The summed E-state index contributed by atoms with van der Waals surface area (Å²) in [6, 6.07) is 10.1. The van der Waals surface area contributed by atoms with Crippen molar-refractivity contribution in [3.63, 3.8) is 0 Å². The number of nitrogens with one attached hydrogen (secondary N) is 2. The Morgan fingerprint density at radius 3 is 2.61 bits per heavy atom. The van der Waals surface area contributed by atoms with Gasteiger partial charge >= 0.3 is 0 Å². The number of carbonyl (C=O) groups excluding carboxylic acids is 1. The second-order valence-corrected chi connectivity index (χ2v) is 9.47. The number of rotatable bonds is 8. The molecular weight excluding hydrogens is 454 g/mol. The lowest BCUT2D eigenvalue weighted by atomic mass is 9.55. The Hall–Kier alpha value is -2.26. The molecule has 6 nitrogen and oxygen atoms in total. The predicted molar refractivity (Wildman–Crippen MR) is 119 cm³/mol. The lowest BCUT2D eigenvalue weighted by molar-refractivity contribution is -0.165. The number of carbonyl (C=O) groups is 1. The second-order valence-electron chi connectivity index (χ2n) is 9.06. The normalized spacial score (nSPS) is 27.2. The summed E-state index contributed by atoms with van der Waals surface area (Å²) in [5.74, 6) is -1.14. The smallest absolute Gasteiger partial charge is 0.258 e. The van der Waals surface area contributed by atoms with Crippen molar-refractivity contribution < 1.29 is 28.5 Å². The van der Waals surface area contributed by atoms with Gasteiger partial charge in [-0.3, -0.25) is 10.1 Å². The molecule has 1 amide bonds. The van der Waals surface area contributed by atoms with E-state index in [1.165, 1.54) is 24.3 Å².